The van der Waals surface area contributed by atoms with Gasteiger partial charge >= 0.3 is 7.82 Å². The van der Waals surface area contributed by atoms with E-state index in [0.717, 1.165) is 0 Å². The van der Waals surface area contributed by atoms with Crippen LogP contribution in [0.5, 0.6) is 0 Å². The number of phosphoric acid groups is 1. The van der Waals surface area contributed by atoms with E-state index in [1.54, 1.807) is 4.57 Å². The maximum atomic E-state index is 11.9. The quantitative estimate of drug-likeness (QED) is 0.469. The fraction of sp³-hybridized carbons (Fsp3) is 0.643. The molecule has 2 aromatic rings. The Kier molecular flexibility index (Phi) is 5.44. The summed E-state index contributed by atoms with van der Waals surface area (Å²) in [6.07, 6.45) is 2.65. The van der Waals surface area contributed by atoms with Crippen molar-refractivity contribution < 1.29 is 23.6 Å². The fourth-order valence-electron chi connectivity index (χ4n) is 3.16. The Labute approximate surface area is 148 Å². The van der Waals surface area contributed by atoms with Gasteiger partial charge in [-0.2, -0.15) is 4.98 Å². The van der Waals surface area contributed by atoms with Crippen molar-refractivity contribution in [3.8, 4) is 0 Å². The molecule has 1 fully saturated rings. The van der Waals surface area contributed by atoms with E-state index >= 15 is 0 Å². The summed E-state index contributed by atoms with van der Waals surface area (Å²) in [5.41, 5.74) is 5.65. The SMILES string of the molecule is CCCOP(=O)(O)OCC1C(CO)CC1n1cnc2c(=O)[nH]c(N)nc21. The zero-order valence-electron chi connectivity index (χ0n) is 14.2. The summed E-state index contributed by atoms with van der Waals surface area (Å²) in [6.45, 7) is 1.77. The van der Waals surface area contributed by atoms with Crippen LogP contribution >= 0.6 is 7.82 Å². The van der Waals surface area contributed by atoms with Gasteiger partial charge in [-0.3, -0.25) is 18.8 Å². The third-order valence-corrected chi connectivity index (χ3v) is 5.56. The van der Waals surface area contributed by atoms with E-state index in [1.807, 2.05) is 6.92 Å². The number of aromatic amines is 1. The molecule has 2 heterocycles. The van der Waals surface area contributed by atoms with Crippen LogP contribution in [-0.4, -0.2) is 49.3 Å². The van der Waals surface area contributed by atoms with Gasteiger partial charge in [-0.1, -0.05) is 6.92 Å². The van der Waals surface area contributed by atoms with E-state index in [4.69, 9.17) is 14.8 Å². The Hall–Kier alpha value is -1.78. The van der Waals surface area contributed by atoms with Gasteiger partial charge in [0.15, 0.2) is 11.2 Å². The Morgan fingerprint density at radius 2 is 2.27 bits per heavy atom. The minimum absolute atomic E-state index is 0.0251. The minimum atomic E-state index is -4.14. The summed E-state index contributed by atoms with van der Waals surface area (Å²) in [4.78, 5) is 32.2. The van der Waals surface area contributed by atoms with Crippen LogP contribution in [0, 0.1) is 11.8 Å². The molecule has 0 bridgehead atoms. The van der Waals surface area contributed by atoms with Crippen LogP contribution in [0.25, 0.3) is 11.2 Å². The second-order valence-corrected chi connectivity index (χ2v) is 7.74. The largest absolute Gasteiger partial charge is 0.472 e. The summed E-state index contributed by atoms with van der Waals surface area (Å²) >= 11 is 0. The van der Waals surface area contributed by atoms with Gasteiger partial charge in [0.05, 0.1) is 19.5 Å². The third-order valence-electron chi connectivity index (χ3n) is 4.58. The molecule has 5 N–H and O–H groups in total. The van der Waals surface area contributed by atoms with Crippen molar-refractivity contribution in [2.75, 3.05) is 25.6 Å². The number of H-pyrrole nitrogens is 1. The minimum Gasteiger partial charge on any atom is -0.396 e. The first kappa shape index (κ1) is 19.0. The monoisotopic (exact) mass is 387 g/mol. The number of aliphatic hydroxyl groups excluding tert-OH is 1. The number of nitrogens with two attached hydrogens (primary N) is 1. The number of nitrogens with one attached hydrogen (secondary N) is 1. The van der Waals surface area contributed by atoms with E-state index in [-0.39, 0.29) is 49.2 Å². The van der Waals surface area contributed by atoms with E-state index < -0.39 is 13.4 Å². The van der Waals surface area contributed by atoms with Crippen LogP contribution in [0.15, 0.2) is 11.1 Å². The number of aliphatic hydroxyl groups is 1. The molecule has 3 rings (SSSR count). The van der Waals surface area contributed by atoms with Gasteiger partial charge < -0.3 is 20.3 Å². The summed E-state index contributed by atoms with van der Waals surface area (Å²) in [6, 6.07) is -0.197. The topological polar surface area (TPSA) is 166 Å². The van der Waals surface area contributed by atoms with Gasteiger partial charge in [0, 0.05) is 18.6 Å². The number of nitrogen functional groups attached to an aromatic ring is 1. The lowest BCUT2D eigenvalue weighted by Gasteiger charge is -2.44. The fourth-order valence-corrected chi connectivity index (χ4v) is 4.01. The van der Waals surface area contributed by atoms with Crippen molar-refractivity contribution in [3.05, 3.63) is 16.7 Å². The maximum absolute atomic E-state index is 11.9. The Morgan fingerprint density at radius 1 is 1.50 bits per heavy atom. The number of hydrogen-bond acceptors (Lipinski definition) is 8. The average molecular weight is 387 g/mol. The lowest BCUT2D eigenvalue weighted by atomic mass is 9.70. The molecule has 0 radical (unpaired) electrons. The van der Waals surface area contributed by atoms with Crippen molar-refractivity contribution in [3.63, 3.8) is 0 Å². The molecule has 1 saturated carbocycles. The molecule has 26 heavy (non-hydrogen) atoms. The standard InChI is InChI=1S/C14H22N5O6P/c1-2-3-24-26(22,23)25-6-9-8(5-20)4-10(9)19-7-16-11-12(19)17-14(15)18-13(11)21/h7-10,20H,2-6H2,1H3,(H,22,23)(H3,15,17,18,21). The zero-order valence-corrected chi connectivity index (χ0v) is 15.1. The number of rotatable bonds is 8. The van der Waals surface area contributed by atoms with Gasteiger partial charge in [0.25, 0.3) is 5.56 Å². The molecule has 0 aromatic carbocycles. The summed E-state index contributed by atoms with van der Waals surface area (Å²) < 4.78 is 23.5. The third kappa shape index (κ3) is 3.67. The summed E-state index contributed by atoms with van der Waals surface area (Å²) in [7, 11) is -4.14. The first-order valence-corrected chi connectivity index (χ1v) is 9.81. The van der Waals surface area contributed by atoms with E-state index in [2.05, 4.69) is 15.0 Å². The molecule has 144 valence electrons. The smallest absolute Gasteiger partial charge is 0.396 e. The first-order chi connectivity index (χ1) is 12.4. The van der Waals surface area contributed by atoms with Crippen molar-refractivity contribution in [1.82, 2.24) is 19.5 Å². The number of anilines is 1. The molecular weight excluding hydrogens is 365 g/mol. The van der Waals surface area contributed by atoms with Crippen LogP contribution in [0.2, 0.25) is 0 Å². The Bertz CT molecular complexity index is 882. The normalized spacial score (nSPS) is 25.1. The molecule has 12 heteroatoms. The Morgan fingerprint density at radius 3 is 2.96 bits per heavy atom. The van der Waals surface area contributed by atoms with E-state index in [9.17, 15) is 19.4 Å². The maximum Gasteiger partial charge on any atom is 0.472 e. The number of aromatic nitrogens is 4. The molecule has 0 saturated heterocycles. The second kappa shape index (κ2) is 7.45. The van der Waals surface area contributed by atoms with Gasteiger partial charge in [0.2, 0.25) is 5.95 Å². The molecule has 0 aliphatic heterocycles. The number of phosphoric ester groups is 1. The molecular formula is C14H22N5O6P. The van der Waals surface area contributed by atoms with Gasteiger partial charge in [-0.15, -0.1) is 0 Å². The number of imidazole rings is 1. The Balaban J connectivity index is 1.80. The highest BCUT2D eigenvalue weighted by atomic mass is 31.2. The molecule has 4 unspecified atom stereocenters. The predicted molar refractivity (Wildman–Crippen MR) is 92.3 cm³/mol. The first-order valence-electron chi connectivity index (χ1n) is 8.31. The summed E-state index contributed by atoms with van der Waals surface area (Å²) in [5, 5.41) is 9.51. The molecule has 0 spiro atoms. The van der Waals surface area contributed by atoms with Crippen LogP contribution in [0.3, 0.4) is 0 Å². The average Bonchev–Trinajstić information content (AvgIpc) is 2.96. The van der Waals surface area contributed by atoms with Gasteiger partial charge in [0.1, 0.15) is 0 Å². The molecule has 4 atom stereocenters. The molecule has 11 nitrogen and oxygen atoms in total. The second-order valence-electron chi connectivity index (χ2n) is 6.28. The van der Waals surface area contributed by atoms with Crippen molar-refractivity contribution in [1.29, 1.82) is 0 Å². The van der Waals surface area contributed by atoms with Gasteiger partial charge in [-0.05, 0) is 18.8 Å². The van der Waals surface area contributed by atoms with Crippen LogP contribution in [0.1, 0.15) is 25.8 Å². The molecule has 1 aliphatic rings. The van der Waals surface area contributed by atoms with E-state index in [0.29, 0.717) is 18.5 Å². The van der Waals surface area contributed by atoms with Crippen LogP contribution in [0.4, 0.5) is 5.95 Å². The lowest BCUT2D eigenvalue weighted by molar-refractivity contribution is -0.00815. The van der Waals surface area contributed by atoms with Crippen molar-refractivity contribution >= 4 is 24.9 Å². The zero-order chi connectivity index (χ0) is 18.9. The number of fused-ring (bicyclic) bond motifs is 1. The van der Waals surface area contributed by atoms with Crippen molar-refractivity contribution in [2.45, 2.75) is 25.8 Å². The van der Waals surface area contributed by atoms with Crippen LogP contribution < -0.4 is 11.3 Å². The highest BCUT2D eigenvalue weighted by Gasteiger charge is 2.44. The summed E-state index contributed by atoms with van der Waals surface area (Å²) in [5.74, 6) is -0.392. The lowest BCUT2D eigenvalue weighted by Crippen LogP contribution is -2.43. The van der Waals surface area contributed by atoms with Gasteiger partial charge in [-0.25, -0.2) is 9.55 Å². The highest BCUT2D eigenvalue weighted by Crippen LogP contribution is 2.49. The van der Waals surface area contributed by atoms with Crippen LogP contribution in [-0.2, 0) is 13.6 Å². The molecule has 1 aliphatic carbocycles. The highest BCUT2D eigenvalue weighted by molar-refractivity contribution is 7.47. The molecule has 0 amide bonds. The van der Waals surface area contributed by atoms with E-state index in [1.165, 1.54) is 6.33 Å². The molecule has 2 aromatic heterocycles. The van der Waals surface area contributed by atoms with Crippen molar-refractivity contribution in [2.24, 2.45) is 11.8 Å². The number of hydrogen-bond donors (Lipinski definition) is 4. The number of nitrogens with zero attached hydrogens (tertiary/aromatic N) is 3. The predicted octanol–water partition coefficient (Wildman–Crippen LogP) is 0.415.